The maximum atomic E-state index is 13.3. The van der Waals surface area contributed by atoms with Gasteiger partial charge in [0.2, 0.25) is 5.91 Å². The molecule has 0 spiro atoms. The topological polar surface area (TPSA) is 76.9 Å². The summed E-state index contributed by atoms with van der Waals surface area (Å²) in [6, 6.07) is 16.1. The fourth-order valence-corrected chi connectivity index (χ4v) is 6.83. The number of benzene rings is 2. The molecular weight excluding hydrogens is 485 g/mol. The molecule has 0 aliphatic carbocycles. The highest BCUT2D eigenvalue weighted by atomic mass is 32.2. The molecule has 0 saturated carbocycles. The molecule has 5 rings (SSSR count). The number of thiazole rings is 1. The number of nitrogens with one attached hydrogen (secondary N) is 1. The Labute approximate surface area is 210 Å². The fourth-order valence-electron chi connectivity index (χ4n) is 3.90. The van der Waals surface area contributed by atoms with Crippen LogP contribution in [0.1, 0.15) is 23.7 Å². The highest BCUT2D eigenvalue weighted by Crippen LogP contribution is 2.34. The highest BCUT2D eigenvalue weighted by Gasteiger charge is 2.26. The lowest BCUT2D eigenvalue weighted by Crippen LogP contribution is -2.27. The molecule has 9 heteroatoms. The Morgan fingerprint density at radius 2 is 2.03 bits per heavy atom. The van der Waals surface area contributed by atoms with Crippen molar-refractivity contribution < 1.29 is 4.79 Å². The van der Waals surface area contributed by atoms with E-state index in [0.29, 0.717) is 22.1 Å². The average molecular weight is 509 g/mol. The summed E-state index contributed by atoms with van der Waals surface area (Å²) in [7, 11) is 0. The number of thioether (sulfide) groups is 2. The Hall–Kier alpha value is -2.62. The molecule has 3 heterocycles. The molecule has 1 aliphatic heterocycles. The summed E-state index contributed by atoms with van der Waals surface area (Å²) in [6.07, 6.45) is 1.51. The molecule has 2 aromatic carbocycles. The van der Waals surface area contributed by atoms with Gasteiger partial charge >= 0.3 is 0 Å². The van der Waals surface area contributed by atoms with Crippen LogP contribution in [0.15, 0.2) is 63.4 Å². The lowest BCUT2D eigenvalue weighted by molar-refractivity contribution is -0.113. The van der Waals surface area contributed by atoms with E-state index in [0.717, 1.165) is 44.8 Å². The third-order valence-electron chi connectivity index (χ3n) is 5.55. The number of fused-ring (bicyclic) bond motifs is 2. The van der Waals surface area contributed by atoms with E-state index in [9.17, 15) is 9.59 Å². The number of hydrogen-bond acceptors (Lipinski definition) is 7. The molecule has 34 heavy (non-hydrogen) atoms. The average Bonchev–Trinajstić information content (AvgIpc) is 3.39. The minimum Gasteiger partial charge on any atom is -0.301 e. The third-order valence-corrected chi connectivity index (χ3v) is 8.68. The van der Waals surface area contributed by atoms with Gasteiger partial charge in [-0.25, -0.2) is 9.97 Å². The van der Waals surface area contributed by atoms with Crippen molar-refractivity contribution >= 4 is 56.1 Å². The first-order valence-corrected chi connectivity index (χ1v) is 13.8. The van der Waals surface area contributed by atoms with Crippen molar-refractivity contribution in [2.24, 2.45) is 0 Å². The van der Waals surface area contributed by atoms with Gasteiger partial charge in [-0.2, -0.15) is 0 Å². The number of anilines is 1. The van der Waals surface area contributed by atoms with Gasteiger partial charge in [-0.05, 0) is 36.6 Å². The van der Waals surface area contributed by atoms with Crippen LogP contribution in [0, 0.1) is 6.92 Å². The van der Waals surface area contributed by atoms with Crippen molar-refractivity contribution in [1.29, 1.82) is 0 Å². The number of carbonyl (C=O) groups excluding carboxylic acids is 1. The quantitative estimate of drug-likeness (QED) is 0.274. The summed E-state index contributed by atoms with van der Waals surface area (Å²) in [5, 5.41) is 4.42. The number of carbonyl (C=O) groups is 1. The number of amides is 1. The molecule has 4 aromatic rings. The van der Waals surface area contributed by atoms with Crippen LogP contribution >= 0.6 is 34.9 Å². The number of nitrogens with zero attached hydrogens (tertiary/aromatic N) is 3. The van der Waals surface area contributed by atoms with Crippen LogP contribution in [0.4, 0.5) is 5.13 Å². The molecule has 174 valence electrons. The van der Waals surface area contributed by atoms with E-state index < -0.39 is 0 Å². The summed E-state index contributed by atoms with van der Waals surface area (Å²) in [5.74, 6) is 0.00155. The van der Waals surface area contributed by atoms with Crippen LogP contribution in [-0.4, -0.2) is 31.4 Å². The van der Waals surface area contributed by atoms with Gasteiger partial charge < -0.3 is 5.32 Å². The van der Waals surface area contributed by atoms with Crippen LogP contribution in [0.5, 0.6) is 0 Å². The van der Waals surface area contributed by atoms with Crippen LogP contribution < -0.4 is 10.9 Å². The normalized spacial score (nSPS) is 14.9. The number of aromatic nitrogens is 3. The second kappa shape index (κ2) is 9.93. The monoisotopic (exact) mass is 508 g/mol. The van der Waals surface area contributed by atoms with Gasteiger partial charge in [0, 0.05) is 18.2 Å². The lowest BCUT2D eigenvalue weighted by Gasteiger charge is -2.13. The van der Waals surface area contributed by atoms with E-state index in [1.807, 2.05) is 37.3 Å². The van der Waals surface area contributed by atoms with Crippen LogP contribution in [0.2, 0.25) is 0 Å². The van der Waals surface area contributed by atoms with Gasteiger partial charge in [-0.3, -0.25) is 14.2 Å². The first-order valence-electron chi connectivity index (χ1n) is 11.1. The molecule has 6 nitrogen and oxygen atoms in total. The molecule has 2 aromatic heterocycles. The minimum absolute atomic E-state index is 0.000248. The van der Waals surface area contributed by atoms with Crippen molar-refractivity contribution in [3.05, 3.63) is 75.7 Å². The second-order valence-electron chi connectivity index (χ2n) is 8.32. The highest BCUT2D eigenvalue weighted by molar-refractivity contribution is 8.00. The first-order chi connectivity index (χ1) is 16.5. The van der Waals surface area contributed by atoms with E-state index in [-0.39, 0.29) is 17.2 Å². The Morgan fingerprint density at radius 1 is 1.21 bits per heavy atom. The molecule has 1 aliphatic rings. The van der Waals surface area contributed by atoms with Crippen molar-refractivity contribution in [3.8, 4) is 0 Å². The molecule has 1 N–H and O–H groups in total. The van der Waals surface area contributed by atoms with Crippen molar-refractivity contribution in [3.63, 3.8) is 0 Å². The smallest absolute Gasteiger partial charge is 0.268 e. The Balaban J connectivity index is 1.33. The molecule has 0 bridgehead atoms. The molecule has 1 unspecified atom stereocenters. The van der Waals surface area contributed by atoms with Gasteiger partial charge in [0.25, 0.3) is 5.56 Å². The van der Waals surface area contributed by atoms with Gasteiger partial charge in [0.1, 0.15) is 0 Å². The SMILES string of the molecule is Cc1ccc2nc(NC(=O)CSc3nc4c(c(=O)n3CCc3ccccc3)SC(C)C4)sc2c1. The largest absolute Gasteiger partial charge is 0.301 e. The maximum Gasteiger partial charge on any atom is 0.268 e. The molecule has 0 radical (unpaired) electrons. The summed E-state index contributed by atoms with van der Waals surface area (Å²) in [5.41, 5.74) is 4.05. The lowest BCUT2D eigenvalue weighted by atomic mass is 10.1. The molecule has 1 atom stereocenters. The predicted octanol–water partition coefficient (Wildman–Crippen LogP) is 5.17. The summed E-state index contributed by atoms with van der Waals surface area (Å²) >= 11 is 4.37. The minimum atomic E-state index is -0.159. The van der Waals surface area contributed by atoms with E-state index in [4.69, 9.17) is 4.98 Å². The van der Waals surface area contributed by atoms with Crippen molar-refractivity contribution in [1.82, 2.24) is 14.5 Å². The molecular formula is C25H24N4O2S3. The van der Waals surface area contributed by atoms with Gasteiger partial charge in [0.05, 0.1) is 26.6 Å². The van der Waals surface area contributed by atoms with Gasteiger partial charge in [-0.1, -0.05) is 66.4 Å². The Morgan fingerprint density at radius 3 is 2.85 bits per heavy atom. The van der Waals surface area contributed by atoms with Crippen molar-refractivity contribution in [2.75, 3.05) is 11.1 Å². The van der Waals surface area contributed by atoms with Crippen LogP contribution in [-0.2, 0) is 24.2 Å². The Bertz CT molecular complexity index is 1420. The number of rotatable bonds is 7. The summed E-state index contributed by atoms with van der Waals surface area (Å²) in [4.78, 5) is 36.1. The van der Waals surface area contributed by atoms with E-state index >= 15 is 0 Å². The second-order valence-corrected chi connectivity index (χ2v) is 11.7. The summed E-state index contributed by atoms with van der Waals surface area (Å²) < 4.78 is 2.78. The molecule has 1 amide bonds. The standard InChI is InChI=1S/C25H24N4O2S3/c1-15-8-9-18-20(12-15)34-24(26-18)28-21(30)14-32-25-27-19-13-16(2)33-22(19)23(31)29(25)11-10-17-6-4-3-5-7-17/h3-9,12,16H,10-11,13-14H2,1-2H3,(H,26,28,30). The van der Waals surface area contributed by atoms with Crippen LogP contribution in [0.3, 0.4) is 0 Å². The number of hydrogen-bond donors (Lipinski definition) is 1. The summed E-state index contributed by atoms with van der Waals surface area (Å²) in [6.45, 7) is 4.67. The van der Waals surface area contributed by atoms with Crippen LogP contribution in [0.25, 0.3) is 10.2 Å². The van der Waals surface area contributed by atoms with Gasteiger partial charge in [-0.15, -0.1) is 11.8 Å². The zero-order chi connectivity index (χ0) is 23.7. The third kappa shape index (κ3) is 5.06. The Kier molecular flexibility index (Phi) is 6.76. The predicted molar refractivity (Wildman–Crippen MR) is 141 cm³/mol. The zero-order valence-corrected chi connectivity index (χ0v) is 21.4. The van der Waals surface area contributed by atoms with Crippen molar-refractivity contribution in [2.45, 2.75) is 48.5 Å². The van der Waals surface area contributed by atoms with E-state index in [2.05, 4.69) is 35.4 Å². The number of aryl methyl sites for hydroxylation is 2. The molecule has 0 saturated heterocycles. The zero-order valence-electron chi connectivity index (χ0n) is 18.9. The fraction of sp³-hybridized carbons (Fsp3) is 0.280. The molecule has 0 fully saturated rings. The van der Waals surface area contributed by atoms with E-state index in [1.165, 1.54) is 23.1 Å². The van der Waals surface area contributed by atoms with E-state index in [1.54, 1.807) is 16.3 Å². The van der Waals surface area contributed by atoms with Gasteiger partial charge in [0.15, 0.2) is 10.3 Å². The maximum absolute atomic E-state index is 13.3. The first kappa shape index (κ1) is 23.1.